The zero-order valence-electron chi connectivity index (χ0n) is 16.4. The number of nitrogens with one attached hydrogen (secondary N) is 1. The molecule has 2 aromatic carbocycles. The van der Waals surface area contributed by atoms with Crippen molar-refractivity contribution in [3.05, 3.63) is 74.6 Å². The number of rotatable bonds is 6. The Morgan fingerprint density at radius 3 is 2.59 bits per heavy atom. The molecule has 1 aromatic heterocycles. The molecule has 3 aromatic rings. The van der Waals surface area contributed by atoms with Gasteiger partial charge in [-0.3, -0.25) is 4.79 Å². The Kier molecular flexibility index (Phi) is 6.25. The second kappa shape index (κ2) is 8.68. The summed E-state index contributed by atoms with van der Waals surface area (Å²) < 4.78 is 11.0. The summed E-state index contributed by atoms with van der Waals surface area (Å²) in [6.07, 6.45) is -1.69. The minimum Gasteiger partial charge on any atom is -0.479 e. The molecule has 0 radical (unpaired) electrons. The van der Waals surface area contributed by atoms with Crippen molar-refractivity contribution in [3.63, 3.8) is 0 Å². The van der Waals surface area contributed by atoms with Crippen LogP contribution >= 0.6 is 11.6 Å². The van der Waals surface area contributed by atoms with Gasteiger partial charge in [-0.15, -0.1) is 0 Å². The molecule has 7 heteroatoms. The molecule has 29 heavy (non-hydrogen) atoms. The van der Waals surface area contributed by atoms with Crippen LogP contribution in [0.5, 0.6) is 5.75 Å². The number of aryl methyl sites for hydroxylation is 1. The van der Waals surface area contributed by atoms with E-state index < -0.39 is 23.7 Å². The van der Waals surface area contributed by atoms with Gasteiger partial charge in [0.25, 0.3) is 5.91 Å². The summed E-state index contributed by atoms with van der Waals surface area (Å²) in [5.74, 6) is -0.172. The Morgan fingerprint density at radius 2 is 1.90 bits per heavy atom. The van der Waals surface area contributed by atoms with Gasteiger partial charge in [0.15, 0.2) is 6.10 Å². The van der Waals surface area contributed by atoms with Gasteiger partial charge in [0, 0.05) is 23.6 Å². The van der Waals surface area contributed by atoms with Crippen LogP contribution in [0.3, 0.4) is 0 Å². The molecule has 0 saturated carbocycles. The fraction of sp³-hybridized carbons (Fsp3) is 0.273. The lowest BCUT2D eigenvalue weighted by Gasteiger charge is -2.18. The number of ether oxygens (including phenoxy) is 1. The molecule has 0 aliphatic rings. The van der Waals surface area contributed by atoms with E-state index in [-0.39, 0.29) is 12.3 Å². The largest absolute Gasteiger partial charge is 0.479 e. The molecule has 0 saturated heterocycles. The highest BCUT2D eigenvalue weighted by Crippen LogP contribution is 2.32. The summed E-state index contributed by atoms with van der Waals surface area (Å²) >= 11 is 6.31. The van der Waals surface area contributed by atoms with E-state index in [2.05, 4.69) is 5.32 Å². The highest BCUT2D eigenvalue weighted by Gasteiger charge is 2.19. The number of carbonyl (C=O) groups is 1. The SMILES string of the molecule is Cc1c(C)c2cc(Cl)c(OC(C)C(=O)NCC(O)c3ccccc3)cc2oc1=O. The summed E-state index contributed by atoms with van der Waals surface area (Å²) in [6.45, 7) is 5.13. The number of hydrogen-bond donors (Lipinski definition) is 2. The summed E-state index contributed by atoms with van der Waals surface area (Å²) in [4.78, 5) is 24.3. The first-order chi connectivity index (χ1) is 13.8. The van der Waals surface area contributed by atoms with Gasteiger partial charge in [0.1, 0.15) is 11.3 Å². The molecular weight excluding hydrogens is 394 g/mol. The molecule has 2 unspecified atom stereocenters. The van der Waals surface area contributed by atoms with Gasteiger partial charge in [-0.05, 0) is 38.0 Å². The summed E-state index contributed by atoms with van der Waals surface area (Å²) in [5.41, 5.74) is 1.92. The molecule has 0 spiro atoms. The van der Waals surface area contributed by atoms with Crippen molar-refractivity contribution < 1.29 is 19.1 Å². The number of halogens is 1. The van der Waals surface area contributed by atoms with Gasteiger partial charge in [0.05, 0.1) is 11.1 Å². The second-order valence-electron chi connectivity index (χ2n) is 6.85. The minimum absolute atomic E-state index is 0.0509. The van der Waals surface area contributed by atoms with E-state index >= 15 is 0 Å². The lowest BCUT2D eigenvalue weighted by molar-refractivity contribution is -0.127. The smallest absolute Gasteiger partial charge is 0.339 e. The monoisotopic (exact) mass is 415 g/mol. The first-order valence-corrected chi connectivity index (χ1v) is 9.56. The van der Waals surface area contributed by atoms with Crippen LogP contribution in [-0.4, -0.2) is 23.7 Å². The predicted molar refractivity (Wildman–Crippen MR) is 111 cm³/mol. The van der Waals surface area contributed by atoms with Gasteiger partial charge in [-0.2, -0.15) is 0 Å². The Labute approximate surface area is 173 Å². The number of benzene rings is 2. The van der Waals surface area contributed by atoms with Crippen molar-refractivity contribution in [3.8, 4) is 5.75 Å². The van der Waals surface area contributed by atoms with E-state index in [1.165, 1.54) is 6.07 Å². The van der Waals surface area contributed by atoms with E-state index in [4.69, 9.17) is 20.8 Å². The van der Waals surface area contributed by atoms with Gasteiger partial charge >= 0.3 is 5.63 Å². The van der Waals surface area contributed by atoms with Crippen LogP contribution in [0.1, 0.15) is 29.7 Å². The Balaban J connectivity index is 1.71. The molecule has 152 valence electrons. The van der Waals surface area contributed by atoms with Crippen LogP contribution in [0, 0.1) is 13.8 Å². The zero-order chi connectivity index (χ0) is 21.1. The number of aliphatic hydroxyl groups excluding tert-OH is 1. The number of aliphatic hydroxyl groups is 1. The van der Waals surface area contributed by atoms with Crippen molar-refractivity contribution in [1.29, 1.82) is 0 Å². The summed E-state index contributed by atoms with van der Waals surface area (Å²) in [5, 5.41) is 13.8. The van der Waals surface area contributed by atoms with Gasteiger partial charge < -0.3 is 19.6 Å². The van der Waals surface area contributed by atoms with Crippen LogP contribution < -0.4 is 15.7 Å². The maximum Gasteiger partial charge on any atom is 0.339 e. The van der Waals surface area contributed by atoms with Crippen LogP contribution in [-0.2, 0) is 4.79 Å². The summed E-state index contributed by atoms with van der Waals surface area (Å²) in [7, 11) is 0. The third-order valence-electron chi connectivity index (χ3n) is 4.84. The highest BCUT2D eigenvalue weighted by atomic mass is 35.5. The maximum atomic E-state index is 12.3. The Morgan fingerprint density at radius 1 is 1.21 bits per heavy atom. The van der Waals surface area contributed by atoms with E-state index in [1.54, 1.807) is 32.0 Å². The lowest BCUT2D eigenvalue weighted by atomic mass is 10.1. The maximum absolute atomic E-state index is 12.3. The molecular formula is C22H22ClNO5. The van der Waals surface area contributed by atoms with Crippen molar-refractivity contribution in [2.75, 3.05) is 6.54 Å². The number of amides is 1. The second-order valence-corrected chi connectivity index (χ2v) is 7.26. The van der Waals surface area contributed by atoms with Gasteiger partial charge in [0.2, 0.25) is 0 Å². The van der Waals surface area contributed by atoms with Crippen LogP contribution in [0.15, 0.2) is 51.7 Å². The third kappa shape index (κ3) is 4.60. The molecule has 0 fully saturated rings. The number of hydrogen-bond acceptors (Lipinski definition) is 5. The number of carbonyl (C=O) groups excluding carboxylic acids is 1. The third-order valence-corrected chi connectivity index (χ3v) is 5.13. The van der Waals surface area contributed by atoms with E-state index in [0.29, 0.717) is 27.1 Å². The Bertz CT molecular complexity index is 1090. The molecule has 0 bridgehead atoms. The molecule has 2 atom stereocenters. The summed E-state index contributed by atoms with van der Waals surface area (Å²) in [6, 6.07) is 12.2. The van der Waals surface area contributed by atoms with E-state index in [0.717, 1.165) is 5.56 Å². The number of fused-ring (bicyclic) bond motifs is 1. The fourth-order valence-electron chi connectivity index (χ4n) is 2.91. The van der Waals surface area contributed by atoms with Crippen molar-refractivity contribution in [2.45, 2.75) is 33.0 Å². The van der Waals surface area contributed by atoms with E-state index in [1.807, 2.05) is 25.1 Å². The van der Waals surface area contributed by atoms with Crippen LogP contribution in [0.25, 0.3) is 11.0 Å². The van der Waals surface area contributed by atoms with Crippen molar-refractivity contribution in [1.82, 2.24) is 5.32 Å². The lowest BCUT2D eigenvalue weighted by Crippen LogP contribution is -2.38. The van der Waals surface area contributed by atoms with Gasteiger partial charge in [-0.1, -0.05) is 41.9 Å². The first-order valence-electron chi connectivity index (χ1n) is 9.19. The molecule has 0 aliphatic heterocycles. The normalized spacial score (nSPS) is 13.1. The molecule has 2 N–H and O–H groups in total. The quantitative estimate of drug-likeness (QED) is 0.599. The average molecular weight is 416 g/mol. The predicted octanol–water partition coefficient (Wildman–Crippen LogP) is 3.68. The molecule has 6 nitrogen and oxygen atoms in total. The van der Waals surface area contributed by atoms with E-state index in [9.17, 15) is 14.7 Å². The van der Waals surface area contributed by atoms with Crippen molar-refractivity contribution in [2.24, 2.45) is 0 Å². The van der Waals surface area contributed by atoms with Crippen LogP contribution in [0.4, 0.5) is 0 Å². The molecule has 3 rings (SSSR count). The first kappa shape index (κ1) is 20.9. The minimum atomic E-state index is -0.869. The molecule has 1 heterocycles. The topological polar surface area (TPSA) is 88.8 Å². The molecule has 1 amide bonds. The highest BCUT2D eigenvalue weighted by molar-refractivity contribution is 6.32. The standard InChI is InChI=1S/C22H22ClNO5/c1-12-13(2)22(27)29-19-10-20(17(23)9-16(12)19)28-14(3)21(26)24-11-18(25)15-7-5-4-6-8-15/h4-10,14,18,25H,11H2,1-3H3,(H,24,26). The fourth-order valence-corrected chi connectivity index (χ4v) is 3.12. The zero-order valence-corrected chi connectivity index (χ0v) is 17.1. The molecule has 0 aliphatic carbocycles. The van der Waals surface area contributed by atoms with Crippen molar-refractivity contribution >= 4 is 28.5 Å². The van der Waals surface area contributed by atoms with Crippen LogP contribution in [0.2, 0.25) is 5.02 Å². The average Bonchev–Trinajstić information content (AvgIpc) is 2.72. The Hall–Kier alpha value is -2.83. The van der Waals surface area contributed by atoms with Gasteiger partial charge in [-0.25, -0.2) is 4.79 Å².